The first-order valence-corrected chi connectivity index (χ1v) is 11.6. The van der Waals surface area contributed by atoms with Crippen LogP contribution in [0.4, 0.5) is 0 Å². The Bertz CT molecular complexity index is 778. The van der Waals surface area contributed by atoms with Crippen molar-refractivity contribution in [3.63, 3.8) is 0 Å². The van der Waals surface area contributed by atoms with Gasteiger partial charge in [-0.15, -0.1) is 24.0 Å². The van der Waals surface area contributed by atoms with Crippen molar-refractivity contribution >= 4 is 39.8 Å². The van der Waals surface area contributed by atoms with Crippen molar-refractivity contribution in [3.05, 3.63) is 29.8 Å². The number of hydrogen-bond acceptors (Lipinski definition) is 5. The molecule has 1 heterocycles. The highest BCUT2D eigenvalue weighted by Crippen LogP contribution is 2.27. The number of guanidine groups is 1. The summed E-state index contributed by atoms with van der Waals surface area (Å²) in [5.74, 6) is 1.45. The van der Waals surface area contributed by atoms with Gasteiger partial charge >= 0.3 is 0 Å². The maximum atomic E-state index is 11.9. The molecule has 0 saturated carbocycles. The quantitative estimate of drug-likeness (QED) is 0.301. The molecule has 0 aromatic heterocycles. The van der Waals surface area contributed by atoms with Gasteiger partial charge in [0.1, 0.15) is 5.75 Å². The largest absolute Gasteiger partial charge is 0.497 e. The van der Waals surface area contributed by atoms with Crippen LogP contribution in [0.25, 0.3) is 0 Å². The zero-order valence-electron chi connectivity index (χ0n) is 18.1. The second kappa shape index (κ2) is 11.4. The number of likely N-dealkylation sites (tertiary alicyclic amines) is 1. The van der Waals surface area contributed by atoms with E-state index in [1.807, 2.05) is 12.1 Å². The van der Waals surface area contributed by atoms with Crippen molar-refractivity contribution in [3.8, 4) is 5.75 Å². The van der Waals surface area contributed by atoms with Crippen molar-refractivity contribution in [2.45, 2.75) is 37.5 Å². The van der Waals surface area contributed by atoms with Gasteiger partial charge in [-0.05, 0) is 57.5 Å². The van der Waals surface area contributed by atoms with E-state index in [1.165, 1.54) is 24.7 Å². The Morgan fingerprint density at radius 3 is 2.48 bits per heavy atom. The molecule has 1 fully saturated rings. The summed E-state index contributed by atoms with van der Waals surface area (Å²) in [4.78, 5) is 6.72. The number of ether oxygens (including phenoxy) is 1. The topological polar surface area (TPSA) is 83.0 Å². The minimum Gasteiger partial charge on any atom is -0.497 e. The normalized spacial score (nSPS) is 16.8. The summed E-state index contributed by atoms with van der Waals surface area (Å²) >= 11 is 0. The van der Waals surface area contributed by atoms with E-state index in [9.17, 15) is 8.42 Å². The minimum atomic E-state index is -3.17. The van der Waals surface area contributed by atoms with Gasteiger partial charge in [0.25, 0.3) is 0 Å². The fourth-order valence-electron chi connectivity index (χ4n) is 3.20. The van der Waals surface area contributed by atoms with E-state index in [2.05, 4.69) is 32.7 Å². The van der Waals surface area contributed by atoms with Crippen LogP contribution in [0, 0.1) is 0 Å². The lowest BCUT2D eigenvalue weighted by Crippen LogP contribution is -2.49. The molecule has 7 nitrogen and oxygen atoms in total. The average molecular weight is 538 g/mol. The van der Waals surface area contributed by atoms with Gasteiger partial charge < -0.3 is 15.4 Å². The molecular weight excluding hydrogens is 503 g/mol. The monoisotopic (exact) mass is 538 g/mol. The number of sulfone groups is 1. The van der Waals surface area contributed by atoms with Gasteiger partial charge in [0, 0.05) is 26.4 Å². The second-order valence-corrected chi connectivity index (χ2v) is 10.5. The summed E-state index contributed by atoms with van der Waals surface area (Å²) in [5, 5.41) is 6.52. The van der Waals surface area contributed by atoms with Gasteiger partial charge in [0.2, 0.25) is 0 Å². The molecule has 9 heteroatoms. The molecule has 1 aromatic carbocycles. The van der Waals surface area contributed by atoms with E-state index in [4.69, 9.17) is 4.74 Å². The molecule has 0 radical (unpaired) electrons. The third-order valence-corrected chi connectivity index (χ3v) is 7.58. The number of nitrogens with zero attached hydrogens (tertiary/aromatic N) is 2. The summed E-state index contributed by atoms with van der Waals surface area (Å²) in [6.07, 6.45) is 3.67. The van der Waals surface area contributed by atoms with E-state index >= 15 is 0 Å². The molecule has 1 atom stereocenters. The number of rotatable bonds is 8. The Kier molecular flexibility index (Phi) is 10.2. The third-order valence-electron chi connectivity index (χ3n) is 5.43. The van der Waals surface area contributed by atoms with Crippen molar-refractivity contribution in [1.82, 2.24) is 15.5 Å². The van der Waals surface area contributed by atoms with Gasteiger partial charge in [-0.2, -0.15) is 0 Å². The summed E-state index contributed by atoms with van der Waals surface area (Å²) < 4.78 is 28.4. The second-order valence-electron chi connectivity index (χ2n) is 7.87. The number of halogens is 1. The van der Waals surface area contributed by atoms with Crippen LogP contribution in [0.2, 0.25) is 0 Å². The molecule has 1 aliphatic heterocycles. The molecule has 1 aliphatic rings. The Labute approximate surface area is 192 Å². The van der Waals surface area contributed by atoms with Crippen LogP contribution in [0.5, 0.6) is 5.75 Å². The highest BCUT2D eigenvalue weighted by molar-refractivity contribution is 14.0. The molecule has 166 valence electrons. The van der Waals surface area contributed by atoms with E-state index < -0.39 is 14.6 Å². The Morgan fingerprint density at radius 1 is 1.28 bits per heavy atom. The molecule has 2 N–H and O–H groups in total. The SMILES string of the molecule is CN=C(NCC(c1cccc(OC)c1)N1CCCC1)NCC(C)(C)S(C)(=O)=O.I. The van der Waals surface area contributed by atoms with Crippen LogP contribution >= 0.6 is 24.0 Å². The lowest BCUT2D eigenvalue weighted by molar-refractivity contribution is 0.245. The van der Waals surface area contributed by atoms with Crippen LogP contribution in [0.1, 0.15) is 38.3 Å². The molecule has 0 spiro atoms. The first kappa shape index (κ1) is 26.0. The Morgan fingerprint density at radius 2 is 1.93 bits per heavy atom. The van der Waals surface area contributed by atoms with Gasteiger partial charge in [-0.3, -0.25) is 9.89 Å². The summed E-state index contributed by atoms with van der Waals surface area (Å²) in [6, 6.07) is 8.35. The van der Waals surface area contributed by atoms with Gasteiger partial charge in [0.15, 0.2) is 15.8 Å². The fraction of sp³-hybridized carbons (Fsp3) is 0.650. The van der Waals surface area contributed by atoms with Crippen LogP contribution in [-0.4, -0.2) is 70.6 Å². The lowest BCUT2D eigenvalue weighted by atomic mass is 10.1. The van der Waals surface area contributed by atoms with Gasteiger partial charge in [-0.1, -0.05) is 12.1 Å². The summed E-state index contributed by atoms with van der Waals surface area (Å²) in [6.45, 7) is 6.52. The molecule has 0 aliphatic carbocycles. The lowest BCUT2D eigenvalue weighted by Gasteiger charge is -2.30. The first-order valence-electron chi connectivity index (χ1n) is 9.70. The predicted octanol–water partition coefficient (Wildman–Crippen LogP) is 2.44. The average Bonchev–Trinajstić information content (AvgIpc) is 3.18. The molecule has 1 saturated heterocycles. The van der Waals surface area contributed by atoms with Crippen LogP contribution in [0.3, 0.4) is 0 Å². The van der Waals surface area contributed by atoms with Crippen LogP contribution in [-0.2, 0) is 9.84 Å². The van der Waals surface area contributed by atoms with Gasteiger partial charge in [-0.25, -0.2) is 8.42 Å². The molecule has 29 heavy (non-hydrogen) atoms. The fourth-order valence-corrected chi connectivity index (χ4v) is 3.54. The first-order chi connectivity index (χ1) is 13.2. The molecular formula is C20H35IN4O3S. The maximum absolute atomic E-state index is 11.9. The van der Waals surface area contributed by atoms with Crippen molar-refractivity contribution in [1.29, 1.82) is 0 Å². The molecule has 1 aromatic rings. The van der Waals surface area contributed by atoms with E-state index in [1.54, 1.807) is 28.0 Å². The minimum absolute atomic E-state index is 0. The van der Waals surface area contributed by atoms with Crippen molar-refractivity contribution < 1.29 is 13.2 Å². The zero-order valence-corrected chi connectivity index (χ0v) is 21.2. The third kappa shape index (κ3) is 7.29. The summed E-state index contributed by atoms with van der Waals surface area (Å²) in [7, 11) is 0.203. The highest BCUT2D eigenvalue weighted by Gasteiger charge is 2.30. The number of methoxy groups -OCH3 is 1. The molecule has 1 unspecified atom stereocenters. The smallest absolute Gasteiger partial charge is 0.191 e. The number of hydrogen-bond donors (Lipinski definition) is 2. The standard InChI is InChI=1S/C20H34N4O3S.HI/c1-20(2,28(5,25)26)15-23-19(21-3)22-14-18(24-11-6-7-12-24)16-9-8-10-17(13-16)27-4;/h8-10,13,18H,6-7,11-12,14-15H2,1-5H3,(H2,21,22,23);1H. The Hall–Kier alpha value is -1.07. The highest BCUT2D eigenvalue weighted by atomic mass is 127. The van der Waals surface area contributed by atoms with Crippen molar-refractivity contribution in [2.75, 3.05) is 46.6 Å². The van der Waals surface area contributed by atoms with Crippen LogP contribution in [0.15, 0.2) is 29.3 Å². The maximum Gasteiger partial charge on any atom is 0.191 e. The van der Waals surface area contributed by atoms with Crippen molar-refractivity contribution in [2.24, 2.45) is 4.99 Å². The number of nitrogens with one attached hydrogen (secondary N) is 2. The van der Waals surface area contributed by atoms with Gasteiger partial charge in [0.05, 0.1) is 17.9 Å². The molecule has 2 rings (SSSR count). The molecule has 0 bridgehead atoms. The predicted molar refractivity (Wildman–Crippen MR) is 130 cm³/mol. The molecule has 0 amide bonds. The van der Waals surface area contributed by atoms with E-state index in [-0.39, 0.29) is 30.0 Å². The van der Waals surface area contributed by atoms with E-state index in [0.717, 1.165) is 18.8 Å². The number of aliphatic imine (C=N–C) groups is 1. The number of benzene rings is 1. The summed E-state index contributed by atoms with van der Waals surface area (Å²) in [5.41, 5.74) is 1.20. The van der Waals surface area contributed by atoms with E-state index in [0.29, 0.717) is 19.0 Å². The Balaban J connectivity index is 0.00000420. The zero-order chi connectivity index (χ0) is 20.8. The van der Waals surface area contributed by atoms with Crippen LogP contribution < -0.4 is 15.4 Å².